The average molecular weight is 208 g/mol. The second-order valence-electron chi connectivity index (χ2n) is 3.50. The van der Waals surface area contributed by atoms with Crippen LogP contribution in [0.5, 0.6) is 5.75 Å². The molecule has 0 aliphatic carbocycles. The molecule has 5 heteroatoms. The molecule has 0 radical (unpaired) electrons. The van der Waals surface area contributed by atoms with Gasteiger partial charge in [0.2, 0.25) is 0 Å². The second kappa shape index (κ2) is 3.34. The van der Waals surface area contributed by atoms with Gasteiger partial charge in [0.1, 0.15) is 12.4 Å². The standard InChI is InChI=1S/C10H12N2O3/c1-12-7-3-2-6(11)4-9(7)15-5-8(12)10(13)14/h2-4,8H,5,11H2,1H3,(H,13,14). The number of carboxylic acids is 1. The minimum absolute atomic E-state index is 0.141. The molecule has 5 nitrogen and oxygen atoms in total. The van der Waals surface area contributed by atoms with Crippen LogP contribution in [0.1, 0.15) is 0 Å². The number of carbonyl (C=O) groups is 1. The Kier molecular flexibility index (Phi) is 2.15. The van der Waals surface area contributed by atoms with E-state index in [9.17, 15) is 4.79 Å². The van der Waals surface area contributed by atoms with Crippen LogP contribution in [0.4, 0.5) is 11.4 Å². The van der Waals surface area contributed by atoms with Gasteiger partial charge in [-0.3, -0.25) is 0 Å². The van der Waals surface area contributed by atoms with Gasteiger partial charge >= 0.3 is 5.97 Å². The van der Waals surface area contributed by atoms with Crippen molar-refractivity contribution in [2.75, 3.05) is 24.3 Å². The third kappa shape index (κ3) is 1.56. The number of likely N-dealkylation sites (N-methyl/N-ethyl adjacent to an activating group) is 1. The Bertz CT molecular complexity index is 406. The number of hydrogen-bond donors (Lipinski definition) is 2. The number of nitrogen functional groups attached to an aromatic ring is 1. The van der Waals surface area contributed by atoms with E-state index < -0.39 is 12.0 Å². The van der Waals surface area contributed by atoms with E-state index in [1.807, 2.05) is 0 Å². The maximum atomic E-state index is 10.9. The van der Waals surface area contributed by atoms with Crippen molar-refractivity contribution >= 4 is 17.3 Å². The van der Waals surface area contributed by atoms with Crippen LogP contribution in [-0.2, 0) is 4.79 Å². The van der Waals surface area contributed by atoms with Crippen LogP contribution in [0.2, 0.25) is 0 Å². The Labute approximate surface area is 87.1 Å². The number of benzene rings is 1. The first-order valence-corrected chi connectivity index (χ1v) is 4.57. The number of rotatable bonds is 1. The van der Waals surface area contributed by atoms with Gasteiger partial charge in [0, 0.05) is 18.8 Å². The van der Waals surface area contributed by atoms with Crippen molar-refractivity contribution in [3.8, 4) is 5.75 Å². The molecule has 0 saturated heterocycles. The fourth-order valence-corrected chi connectivity index (χ4v) is 1.62. The Hall–Kier alpha value is -1.91. The molecule has 80 valence electrons. The van der Waals surface area contributed by atoms with Crippen molar-refractivity contribution in [1.82, 2.24) is 0 Å². The van der Waals surface area contributed by atoms with E-state index in [1.165, 1.54) is 0 Å². The quantitative estimate of drug-likeness (QED) is 0.659. The topological polar surface area (TPSA) is 75.8 Å². The Balaban J connectivity index is 2.38. The first-order valence-electron chi connectivity index (χ1n) is 4.57. The van der Waals surface area contributed by atoms with E-state index in [2.05, 4.69) is 0 Å². The average Bonchev–Trinajstić information content (AvgIpc) is 2.17. The summed E-state index contributed by atoms with van der Waals surface area (Å²) in [5.41, 5.74) is 6.97. The van der Waals surface area contributed by atoms with Gasteiger partial charge in [0.05, 0.1) is 5.69 Å². The lowest BCUT2D eigenvalue weighted by atomic mass is 10.1. The predicted molar refractivity (Wildman–Crippen MR) is 56.2 cm³/mol. The highest BCUT2D eigenvalue weighted by Gasteiger charge is 2.30. The number of hydrogen-bond acceptors (Lipinski definition) is 4. The Morgan fingerprint density at radius 2 is 2.40 bits per heavy atom. The summed E-state index contributed by atoms with van der Waals surface area (Å²) in [5.74, 6) is -0.255. The van der Waals surface area contributed by atoms with Gasteiger partial charge < -0.3 is 20.5 Å². The summed E-state index contributed by atoms with van der Waals surface area (Å²) in [7, 11) is 1.73. The number of aliphatic carboxylic acids is 1. The van der Waals surface area contributed by atoms with Crippen LogP contribution in [0.3, 0.4) is 0 Å². The highest BCUT2D eigenvalue weighted by Crippen LogP contribution is 2.34. The monoisotopic (exact) mass is 208 g/mol. The van der Waals surface area contributed by atoms with Crippen LogP contribution < -0.4 is 15.4 Å². The van der Waals surface area contributed by atoms with Gasteiger partial charge in [-0.15, -0.1) is 0 Å². The van der Waals surface area contributed by atoms with Crippen LogP contribution in [0.15, 0.2) is 18.2 Å². The SMILES string of the molecule is CN1c2ccc(N)cc2OCC1C(=O)O. The molecule has 1 unspecified atom stereocenters. The summed E-state index contributed by atoms with van der Waals surface area (Å²) >= 11 is 0. The molecule has 0 spiro atoms. The smallest absolute Gasteiger partial charge is 0.329 e. The molecule has 0 fully saturated rings. The van der Waals surface area contributed by atoms with Crippen molar-refractivity contribution in [1.29, 1.82) is 0 Å². The summed E-state index contributed by atoms with van der Waals surface area (Å²) in [4.78, 5) is 12.6. The minimum atomic E-state index is -0.889. The maximum Gasteiger partial charge on any atom is 0.329 e. The zero-order valence-electron chi connectivity index (χ0n) is 8.30. The van der Waals surface area contributed by atoms with Gasteiger partial charge in [-0.2, -0.15) is 0 Å². The number of nitrogens with two attached hydrogens (primary N) is 1. The van der Waals surface area contributed by atoms with E-state index in [0.29, 0.717) is 11.4 Å². The third-order valence-corrected chi connectivity index (χ3v) is 2.51. The number of fused-ring (bicyclic) bond motifs is 1. The number of nitrogens with zero attached hydrogens (tertiary/aromatic N) is 1. The molecule has 0 amide bonds. The lowest BCUT2D eigenvalue weighted by Gasteiger charge is -2.33. The molecule has 1 aromatic carbocycles. The predicted octanol–water partition coefficient (Wildman–Crippen LogP) is 0.551. The van der Waals surface area contributed by atoms with Gasteiger partial charge in [0.25, 0.3) is 0 Å². The lowest BCUT2D eigenvalue weighted by Crippen LogP contribution is -2.45. The third-order valence-electron chi connectivity index (χ3n) is 2.51. The Morgan fingerprint density at radius 1 is 1.67 bits per heavy atom. The van der Waals surface area contributed by atoms with Crippen LogP contribution in [0, 0.1) is 0 Å². The van der Waals surface area contributed by atoms with Crippen molar-refractivity contribution in [3.05, 3.63) is 18.2 Å². The van der Waals surface area contributed by atoms with Crippen molar-refractivity contribution in [2.45, 2.75) is 6.04 Å². The van der Waals surface area contributed by atoms with Gasteiger partial charge in [-0.05, 0) is 12.1 Å². The fraction of sp³-hybridized carbons (Fsp3) is 0.300. The lowest BCUT2D eigenvalue weighted by molar-refractivity contribution is -0.139. The fourth-order valence-electron chi connectivity index (χ4n) is 1.62. The van der Waals surface area contributed by atoms with E-state index in [4.69, 9.17) is 15.6 Å². The van der Waals surface area contributed by atoms with E-state index in [1.54, 1.807) is 30.1 Å². The number of ether oxygens (including phenoxy) is 1. The summed E-state index contributed by atoms with van der Waals surface area (Å²) < 4.78 is 5.35. The zero-order chi connectivity index (χ0) is 11.0. The highest BCUT2D eigenvalue weighted by molar-refractivity contribution is 5.81. The number of carboxylic acid groups (broad SMARTS) is 1. The molecule has 0 bridgehead atoms. The van der Waals surface area contributed by atoms with Crippen LogP contribution in [-0.4, -0.2) is 30.8 Å². The number of anilines is 2. The molecule has 1 aliphatic heterocycles. The summed E-state index contributed by atoms with van der Waals surface area (Å²) in [6, 6.07) is 4.55. The van der Waals surface area contributed by atoms with E-state index in [-0.39, 0.29) is 6.61 Å². The molecule has 3 N–H and O–H groups in total. The molecule has 0 aromatic heterocycles. The largest absolute Gasteiger partial charge is 0.489 e. The first-order chi connectivity index (χ1) is 7.09. The van der Waals surface area contributed by atoms with Crippen molar-refractivity contribution < 1.29 is 14.6 Å². The zero-order valence-corrected chi connectivity index (χ0v) is 8.30. The molecular formula is C10H12N2O3. The summed E-state index contributed by atoms with van der Waals surface area (Å²) in [6.07, 6.45) is 0. The normalized spacial score (nSPS) is 19.3. The molecule has 2 rings (SSSR count). The van der Waals surface area contributed by atoms with E-state index >= 15 is 0 Å². The highest BCUT2D eigenvalue weighted by atomic mass is 16.5. The van der Waals surface area contributed by atoms with E-state index in [0.717, 1.165) is 5.69 Å². The van der Waals surface area contributed by atoms with Gasteiger partial charge in [0.15, 0.2) is 6.04 Å². The first kappa shape index (κ1) is 9.64. The minimum Gasteiger partial charge on any atom is -0.489 e. The van der Waals surface area contributed by atoms with Crippen LogP contribution in [0.25, 0.3) is 0 Å². The molecule has 1 heterocycles. The van der Waals surface area contributed by atoms with Gasteiger partial charge in [-0.1, -0.05) is 0 Å². The second-order valence-corrected chi connectivity index (χ2v) is 3.50. The van der Waals surface area contributed by atoms with Crippen molar-refractivity contribution in [2.24, 2.45) is 0 Å². The molecule has 1 aromatic rings. The molecule has 15 heavy (non-hydrogen) atoms. The summed E-state index contributed by atoms with van der Waals surface area (Å²) in [6.45, 7) is 0.141. The van der Waals surface area contributed by atoms with Gasteiger partial charge in [-0.25, -0.2) is 4.79 Å². The molecule has 1 aliphatic rings. The molecule has 0 saturated carbocycles. The Morgan fingerprint density at radius 3 is 3.07 bits per heavy atom. The summed E-state index contributed by atoms with van der Waals surface area (Å²) in [5, 5.41) is 8.94. The van der Waals surface area contributed by atoms with Crippen molar-refractivity contribution in [3.63, 3.8) is 0 Å². The van der Waals surface area contributed by atoms with Crippen LogP contribution >= 0.6 is 0 Å². The maximum absolute atomic E-state index is 10.9. The molecule has 1 atom stereocenters. The molecular weight excluding hydrogens is 196 g/mol.